The summed E-state index contributed by atoms with van der Waals surface area (Å²) < 4.78 is 0. The molecule has 2 aromatic heterocycles. The number of carbonyl (C=O) groups excluding carboxylic acids is 1. The highest BCUT2D eigenvalue weighted by molar-refractivity contribution is 5.92. The van der Waals surface area contributed by atoms with Gasteiger partial charge in [0, 0.05) is 45.2 Å². The average molecular weight is 438 g/mol. The number of carbonyl (C=O) groups is 1. The van der Waals surface area contributed by atoms with Gasteiger partial charge in [-0.15, -0.1) is 0 Å². The van der Waals surface area contributed by atoms with Gasteiger partial charge in [0.2, 0.25) is 0 Å². The minimum absolute atomic E-state index is 0.0278. The molecule has 3 N–H and O–H groups in total. The fourth-order valence-electron chi connectivity index (χ4n) is 5.23. The van der Waals surface area contributed by atoms with Gasteiger partial charge in [0.15, 0.2) is 0 Å². The number of piperidine rings is 1. The van der Waals surface area contributed by atoms with Crippen LogP contribution in [0, 0.1) is 0 Å². The number of likely N-dealkylation sites (tertiary alicyclic amines) is 1. The summed E-state index contributed by atoms with van der Waals surface area (Å²) in [5.41, 5.74) is 2.34. The lowest BCUT2D eigenvalue weighted by Crippen LogP contribution is -2.44. The number of pyridine rings is 1. The first-order chi connectivity index (χ1) is 15.6. The van der Waals surface area contributed by atoms with E-state index in [1.165, 1.54) is 0 Å². The van der Waals surface area contributed by atoms with Crippen molar-refractivity contribution >= 4 is 17.4 Å². The van der Waals surface area contributed by atoms with Crippen molar-refractivity contribution in [1.82, 2.24) is 25.2 Å². The molecule has 0 saturated carbocycles. The van der Waals surface area contributed by atoms with E-state index in [4.69, 9.17) is 4.98 Å². The molecule has 0 radical (unpaired) electrons. The van der Waals surface area contributed by atoms with Crippen molar-refractivity contribution in [2.24, 2.45) is 0 Å². The normalized spacial score (nSPS) is 21.8. The Balaban J connectivity index is 1.18. The minimum Gasteiger partial charge on any atom is -0.370 e. The van der Waals surface area contributed by atoms with Crippen LogP contribution in [0.15, 0.2) is 23.1 Å². The van der Waals surface area contributed by atoms with Gasteiger partial charge in [0.05, 0.1) is 17.4 Å². The summed E-state index contributed by atoms with van der Waals surface area (Å²) in [7, 11) is 1.61. The lowest BCUT2D eigenvalue weighted by atomic mass is 10.0. The predicted octanol–water partition coefficient (Wildman–Crippen LogP) is 1.34. The number of H-pyrrole nitrogens is 1. The summed E-state index contributed by atoms with van der Waals surface area (Å²) in [4.78, 5) is 41.2. The van der Waals surface area contributed by atoms with E-state index in [0.717, 1.165) is 87.7 Å². The van der Waals surface area contributed by atoms with Gasteiger partial charge in [-0.25, -0.2) is 9.97 Å². The van der Waals surface area contributed by atoms with Crippen LogP contribution in [-0.2, 0) is 6.42 Å². The maximum absolute atomic E-state index is 12.5. The Morgan fingerprint density at radius 3 is 2.78 bits per heavy atom. The maximum atomic E-state index is 12.5. The molecule has 9 heteroatoms. The van der Waals surface area contributed by atoms with Gasteiger partial charge in [-0.3, -0.25) is 14.5 Å². The number of hydrogen-bond donors (Lipinski definition) is 3. The molecule has 0 spiro atoms. The number of rotatable bonds is 4. The van der Waals surface area contributed by atoms with E-state index in [0.29, 0.717) is 11.7 Å². The number of aromatic nitrogens is 3. The molecule has 5 heterocycles. The van der Waals surface area contributed by atoms with Gasteiger partial charge >= 0.3 is 0 Å². The van der Waals surface area contributed by atoms with Crippen molar-refractivity contribution in [3.05, 3.63) is 45.8 Å². The van der Waals surface area contributed by atoms with Crippen LogP contribution in [0.1, 0.15) is 53.5 Å². The molecule has 0 aromatic carbocycles. The van der Waals surface area contributed by atoms with Crippen LogP contribution >= 0.6 is 0 Å². The first kappa shape index (κ1) is 20.9. The van der Waals surface area contributed by atoms with Gasteiger partial charge < -0.3 is 20.5 Å². The molecule has 1 unspecified atom stereocenters. The first-order valence-electron chi connectivity index (χ1n) is 11.7. The molecular weight excluding hydrogens is 406 g/mol. The van der Waals surface area contributed by atoms with Crippen molar-refractivity contribution < 1.29 is 4.79 Å². The Labute approximate surface area is 187 Å². The number of nitrogens with zero attached hydrogens (tertiary/aromatic N) is 4. The Bertz CT molecular complexity index is 1030. The third-order valence-corrected chi connectivity index (χ3v) is 7.09. The van der Waals surface area contributed by atoms with Gasteiger partial charge in [0.25, 0.3) is 11.5 Å². The smallest absolute Gasteiger partial charge is 0.269 e. The Morgan fingerprint density at radius 1 is 1.19 bits per heavy atom. The van der Waals surface area contributed by atoms with E-state index in [1.54, 1.807) is 19.3 Å². The number of hydrogen-bond acceptors (Lipinski definition) is 7. The van der Waals surface area contributed by atoms with Crippen LogP contribution < -0.4 is 21.1 Å². The topological polar surface area (TPSA) is 106 Å². The average Bonchev–Trinajstić information content (AvgIpc) is 3.34. The monoisotopic (exact) mass is 437 g/mol. The summed E-state index contributed by atoms with van der Waals surface area (Å²) in [6, 6.07) is 4.32. The third-order valence-electron chi connectivity index (χ3n) is 7.09. The highest BCUT2D eigenvalue weighted by Gasteiger charge is 2.33. The van der Waals surface area contributed by atoms with Gasteiger partial charge in [0.1, 0.15) is 17.3 Å². The fraction of sp³-hybridized carbons (Fsp3) is 0.565. The first-order valence-corrected chi connectivity index (χ1v) is 11.7. The molecule has 3 aliphatic heterocycles. The number of amides is 1. The molecule has 3 aliphatic rings. The van der Waals surface area contributed by atoms with Crippen molar-refractivity contribution in [2.45, 2.75) is 44.1 Å². The van der Waals surface area contributed by atoms with Crippen molar-refractivity contribution in [2.75, 3.05) is 50.0 Å². The zero-order valence-corrected chi connectivity index (χ0v) is 18.6. The SMILES string of the molecule is CNC(=O)c1ccc(N2CCC(N3CCC(c4nc5c(c(=O)[nH]4)CCCN5)C3)CC2)cn1. The summed E-state index contributed by atoms with van der Waals surface area (Å²) in [6.45, 7) is 4.85. The van der Waals surface area contributed by atoms with Crippen LogP contribution in [0.5, 0.6) is 0 Å². The molecule has 2 aromatic rings. The molecule has 32 heavy (non-hydrogen) atoms. The van der Waals surface area contributed by atoms with Gasteiger partial charge in [-0.1, -0.05) is 0 Å². The quantitative estimate of drug-likeness (QED) is 0.663. The second kappa shape index (κ2) is 8.90. The number of fused-ring (bicyclic) bond motifs is 1. The standard InChI is InChI=1S/C23H31N7O2/c1-24-23(32)19-5-4-17(13-26-19)29-11-7-16(8-12-29)30-10-6-15(14-30)20-27-21-18(22(31)28-20)3-2-9-25-21/h4-5,13,15-16H,2-3,6-12,14H2,1H3,(H,24,32)(H2,25,27,28,31). The summed E-state index contributed by atoms with van der Waals surface area (Å²) >= 11 is 0. The molecule has 2 fully saturated rings. The second-order valence-electron chi connectivity index (χ2n) is 8.99. The zero-order chi connectivity index (χ0) is 22.1. The Morgan fingerprint density at radius 2 is 2.03 bits per heavy atom. The second-order valence-corrected chi connectivity index (χ2v) is 8.99. The van der Waals surface area contributed by atoms with Crippen LogP contribution in [-0.4, -0.2) is 71.6 Å². The van der Waals surface area contributed by atoms with E-state index in [-0.39, 0.29) is 17.4 Å². The van der Waals surface area contributed by atoms with E-state index in [1.807, 2.05) is 6.07 Å². The largest absolute Gasteiger partial charge is 0.370 e. The van der Waals surface area contributed by atoms with E-state index in [9.17, 15) is 9.59 Å². The van der Waals surface area contributed by atoms with Crippen LogP contribution in [0.4, 0.5) is 11.5 Å². The van der Waals surface area contributed by atoms with Crippen molar-refractivity contribution in [3.63, 3.8) is 0 Å². The molecule has 170 valence electrons. The van der Waals surface area contributed by atoms with E-state index < -0.39 is 0 Å². The van der Waals surface area contributed by atoms with E-state index in [2.05, 4.69) is 30.4 Å². The number of anilines is 2. The molecule has 0 bridgehead atoms. The summed E-state index contributed by atoms with van der Waals surface area (Å²) in [5.74, 6) is 1.75. The molecule has 2 saturated heterocycles. The molecule has 9 nitrogen and oxygen atoms in total. The van der Waals surface area contributed by atoms with Gasteiger partial charge in [-0.2, -0.15) is 0 Å². The highest BCUT2D eigenvalue weighted by atomic mass is 16.1. The summed E-state index contributed by atoms with van der Waals surface area (Å²) in [6.07, 6.45) is 6.82. The van der Waals surface area contributed by atoms with Gasteiger partial charge in [-0.05, 0) is 50.8 Å². The molecule has 5 rings (SSSR count). The molecule has 1 atom stereocenters. The fourth-order valence-corrected chi connectivity index (χ4v) is 5.23. The Kier molecular flexibility index (Phi) is 5.82. The molecular formula is C23H31N7O2. The zero-order valence-electron chi connectivity index (χ0n) is 18.6. The minimum atomic E-state index is -0.163. The third kappa shape index (κ3) is 4.09. The summed E-state index contributed by atoms with van der Waals surface area (Å²) in [5, 5.41) is 5.90. The lowest BCUT2D eigenvalue weighted by molar-refractivity contribution is 0.0958. The van der Waals surface area contributed by atoms with Crippen LogP contribution in [0.25, 0.3) is 0 Å². The lowest BCUT2D eigenvalue weighted by Gasteiger charge is -2.37. The Hall–Kier alpha value is -2.94. The highest BCUT2D eigenvalue weighted by Crippen LogP contribution is 2.31. The van der Waals surface area contributed by atoms with E-state index >= 15 is 0 Å². The van der Waals surface area contributed by atoms with Crippen LogP contribution in [0.2, 0.25) is 0 Å². The van der Waals surface area contributed by atoms with Crippen molar-refractivity contribution in [3.8, 4) is 0 Å². The number of nitrogens with one attached hydrogen (secondary N) is 3. The van der Waals surface area contributed by atoms with Crippen molar-refractivity contribution in [1.29, 1.82) is 0 Å². The molecule has 1 amide bonds. The molecule has 0 aliphatic carbocycles. The predicted molar refractivity (Wildman–Crippen MR) is 123 cm³/mol. The van der Waals surface area contributed by atoms with Crippen LogP contribution in [0.3, 0.4) is 0 Å². The maximum Gasteiger partial charge on any atom is 0.269 e. The number of aromatic amines is 1.